The van der Waals surface area contributed by atoms with E-state index in [2.05, 4.69) is 4.98 Å². The van der Waals surface area contributed by atoms with Crippen LogP contribution in [0.3, 0.4) is 0 Å². The van der Waals surface area contributed by atoms with Crippen LogP contribution < -0.4 is 4.74 Å². The van der Waals surface area contributed by atoms with Crippen LogP contribution in [0.15, 0.2) is 41.4 Å². The van der Waals surface area contributed by atoms with Crippen LogP contribution in [0, 0.1) is 5.92 Å². The lowest BCUT2D eigenvalue weighted by Crippen LogP contribution is -2.66. The van der Waals surface area contributed by atoms with Gasteiger partial charge in [-0.2, -0.15) is 24.5 Å². The van der Waals surface area contributed by atoms with Crippen LogP contribution in [0.5, 0.6) is 5.75 Å². The number of carboxylic acid groups (broad SMARTS) is 1. The summed E-state index contributed by atoms with van der Waals surface area (Å²) in [5, 5.41) is 10.9. The van der Waals surface area contributed by atoms with Crippen molar-refractivity contribution in [2.75, 3.05) is 26.3 Å². The topological polar surface area (TPSA) is 89.0 Å². The van der Waals surface area contributed by atoms with Crippen LogP contribution in [-0.2, 0) is 9.53 Å². The van der Waals surface area contributed by atoms with Gasteiger partial charge in [0.15, 0.2) is 0 Å². The lowest BCUT2D eigenvalue weighted by atomic mass is 9.81. The van der Waals surface area contributed by atoms with Gasteiger partial charge in [-0.1, -0.05) is 0 Å². The highest BCUT2D eigenvalue weighted by Crippen LogP contribution is 2.40. The Labute approximate surface area is 174 Å². The molecule has 4 rings (SSSR count). The first-order valence-corrected chi connectivity index (χ1v) is 9.94. The number of aliphatic carboxylic acids is 1. The highest BCUT2D eigenvalue weighted by Gasteiger charge is 2.54. The maximum Gasteiger partial charge on any atom is 0.490 e. The van der Waals surface area contributed by atoms with Gasteiger partial charge in [0.25, 0.3) is 5.91 Å². The highest BCUT2D eigenvalue weighted by atomic mass is 32.1. The van der Waals surface area contributed by atoms with Gasteiger partial charge in [0.1, 0.15) is 11.4 Å². The first-order chi connectivity index (χ1) is 14.2. The number of rotatable bonds is 4. The lowest BCUT2D eigenvalue weighted by molar-refractivity contribution is -0.192. The second-order valence-corrected chi connectivity index (χ2v) is 7.65. The normalized spacial score (nSPS) is 19.6. The number of thiophene rings is 1. The van der Waals surface area contributed by atoms with E-state index >= 15 is 0 Å². The van der Waals surface area contributed by atoms with Crippen LogP contribution in [0.1, 0.15) is 16.8 Å². The fourth-order valence-corrected chi connectivity index (χ4v) is 3.94. The lowest BCUT2D eigenvalue weighted by Gasteiger charge is -2.50. The second kappa shape index (κ2) is 9.00. The molecule has 2 aromatic rings. The van der Waals surface area contributed by atoms with Crippen molar-refractivity contribution in [3.05, 3.63) is 46.9 Å². The summed E-state index contributed by atoms with van der Waals surface area (Å²) in [5.74, 6) is -1.57. The molecule has 2 aliphatic rings. The van der Waals surface area contributed by atoms with Gasteiger partial charge in [-0.25, -0.2) is 4.79 Å². The fraction of sp³-hybridized carbons (Fsp3) is 0.421. The van der Waals surface area contributed by atoms with E-state index in [9.17, 15) is 18.0 Å². The van der Waals surface area contributed by atoms with E-state index in [1.165, 1.54) is 0 Å². The number of ether oxygens (including phenoxy) is 2. The number of amides is 1. The van der Waals surface area contributed by atoms with Gasteiger partial charge in [-0.15, -0.1) is 0 Å². The Morgan fingerprint density at radius 3 is 2.67 bits per heavy atom. The van der Waals surface area contributed by atoms with Gasteiger partial charge in [0, 0.05) is 24.1 Å². The quantitative estimate of drug-likeness (QED) is 0.780. The molecular formula is C19H19F3N2O5S. The number of carboxylic acids is 1. The van der Waals surface area contributed by atoms with Gasteiger partial charge in [-0.05, 0) is 30.0 Å². The zero-order valence-corrected chi connectivity index (χ0v) is 16.5. The molecule has 0 saturated carbocycles. The summed E-state index contributed by atoms with van der Waals surface area (Å²) in [5.41, 5.74) is 0.541. The van der Waals surface area contributed by atoms with Gasteiger partial charge >= 0.3 is 12.1 Å². The van der Waals surface area contributed by atoms with E-state index in [-0.39, 0.29) is 11.5 Å². The van der Waals surface area contributed by atoms with E-state index in [1.807, 2.05) is 33.9 Å². The van der Waals surface area contributed by atoms with E-state index < -0.39 is 12.1 Å². The van der Waals surface area contributed by atoms with Crippen LogP contribution in [-0.4, -0.2) is 64.9 Å². The molecule has 162 valence electrons. The first kappa shape index (κ1) is 22.0. The molecule has 4 heterocycles. The second-order valence-electron chi connectivity index (χ2n) is 6.87. The smallest absolute Gasteiger partial charge is 0.490 e. The third kappa shape index (κ3) is 5.08. The minimum Gasteiger partial charge on any atom is -0.492 e. The summed E-state index contributed by atoms with van der Waals surface area (Å²) in [4.78, 5) is 27.2. The number of likely N-dealkylation sites (tertiary alicyclic amines) is 1. The minimum atomic E-state index is -5.08. The largest absolute Gasteiger partial charge is 0.492 e. The third-order valence-corrected chi connectivity index (χ3v) is 5.58. The van der Waals surface area contributed by atoms with Crippen molar-refractivity contribution in [3.8, 4) is 5.75 Å². The molecule has 2 fully saturated rings. The average Bonchev–Trinajstić information content (AvgIpc) is 3.35. The summed E-state index contributed by atoms with van der Waals surface area (Å²) in [7, 11) is 0. The predicted octanol–water partition coefficient (Wildman–Crippen LogP) is 3.09. The molecule has 1 N–H and O–H groups in total. The van der Waals surface area contributed by atoms with Crippen molar-refractivity contribution in [2.24, 2.45) is 5.92 Å². The van der Waals surface area contributed by atoms with Crippen molar-refractivity contribution in [1.82, 2.24) is 9.88 Å². The standard InChI is InChI=1S/C17H18N2O3S.C2HF3O2/c20-16(13-4-7-23-10-13)19-11-17(12-19)14(3-6-22-17)9-21-15-2-1-5-18-8-15;3-2(4,5)1(6)7/h1-2,4-5,7-8,10,14H,3,6,9,11-12H2;(H,6,7). The molecule has 1 atom stereocenters. The van der Waals surface area contributed by atoms with Gasteiger partial charge in [0.05, 0.1) is 31.5 Å². The number of carbonyl (C=O) groups is 2. The molecule has 0 aromatic carbocycles. The molecular weight excluding hydrogens is 425 g/mol. The average molecular weight is 444 g/mol. The van der Waals surface area contributed by atoms with Crippen molar-refractivity contribution in [3.63, 3.8) is 0 Å². The summed E-state index contributed by atoms with van der Waals surface area (Å²) in [6.07, 6.45) is -0.663. The van der Waals surface area contributed by atoms with E-state index in [0.29, 0.717) is 25.6 Å². The Morgan fingerprint density at radius 1 is 1.37 bits per heavy atom. The zero-order valence-electron chi connectivity index (χ0n) is 15.7. The van der Waals surface area contributed by atoms with E-state index in [4.69, 9.17) is 19.4 Å². The molecule has 0 bridgehead atoms. The fourth-order valence-electron chi connectivity index (χ4n) is 3.31. The summed E-state index contributed by atoms with van der Waals surface area (Å²) in [6, 6.07) is 5.64. The molecule has 1 amide bonds. The van der Waals surface area contributed by atoms with Crippen molar-refractivity contribution < 1.29 is 37.3 Å². The van der Waals surface area contributed by atoms with Crippen molar-refractivity contribution in [2.45, 2.75) is 18.2 Å². The predicted molar refractivity (Wildman–Crippen MR) is 100 cm³/mol. The maximum atomic E-state index is 12.4. The molecule has 0 radical (unpaired) electrons. The summed E-state index contributed by atoms with van der Waals surface area (Å²) >= 11 is 1.55. The summed E-state index contributed by atoms with van der Waals surface area (Å²) < 4.78 is 43.6. The minimum absolute atomic E-state index is 0.0966. The van der Waals surface area contributed by atoms with Crippen LogP contribution in [0.4, 0.5) is 13.2 Å². The maximum absolute atomic E-state index is 12.4. The van der Waals surface area contributed by atoms with Gasteiger partial charge in [-0.3, -0.25) is 9.78 Å². The number of hydrogen-bond donors (Lipinski definition) is 1. The number of nitrogens with zero attached hydrogens (tertiary/aromatic N) is 2. The third-order valence-electron chi connectivity index (χ3n) is 4.90. The molecule has 2 saturated heterocycles. The molecule has 7 nitrogen and oxygen atoms in total. The zero-order chi connectivity index (χ0) is 21.8. The number of hydrogen-bond acceptors (Lipinski definition) is 6. The number of carbonyl (C=O) groups excluding carboxylic acids is 1. The number of aromatic nitrogens is 1. The molecule has 30 heavy (non-hydrogen) atoms. The Morgan fingerprint density at radius 2 is 2.10 bits per heavy atom. The van der Waals surface area contributed by atoms with Crippen LogP contribution >= 0.6 is 11.3 Å². The van der Waals surface area contributed by atoms with Crippen LogP contribution in [0.2, 0.25) is 0 Å². The number of pyridine rings is 1. The Kier molecular flexibility index (Phi) is 6.61. The Bertz CT molecular complexity index is 855. The number of halogens is 3. The molecule has 1 unspecified atom stereocenters. The summed E-state index contributed by atoms with van der Waals surface area (Å²) in [6.45, 7) is 2.65. The Balaban J connectivity index is 0.000000318. The first-order valence-electron chi connectivity index (χ1n) is 9.00. The number of alkyl halides is 3. The SMILES string of the molecule is O=C(O)C(F)(F)F.O=C(c1ccsc1)N1CC2(C1)OCCC2COc1cccnc1. The molecule has 11 heteroatoms. The van der Waals surface area contributed by atoms with Gasteiger partial charge < -0.3 is 19.5 Å². The van der Waals surface area contributed by atoms with Crippen LogP contribution in [0.25, 0.3) is 0 Å². The monoisotopic (exact) mass is 444 g/mol. The van der Waals surface area contributed by atoms with E-state index in [0.717, 1.165) is 24.3 Å². The molecule has 1 spiro atoms. The van der Waals surface area contributed by atoms with Crippen molar-refractivity contribution in [1.29, 1.82) is 0 Å². The van der Waals surface area contributed by atoms with Crippen molar-refractivity contribution >= 4 is 23.2 Å². The van der Waals surface area contributed by atoms with Gasteiger partial charge in [0.2, 0.25) is 0 Å². The van der Waals surface area contributed by atoms with E-state index in [1.54, 1.807) is 23.7 Å². The molecule has 2 aromatic heterocycles. The highest BCUT2D eigenvalue weighted by molar-refractivity contribution is 7.08. The molecule has 0 aliphatic carbocycles. The molecule has 2 aliphatic heterocycles. The Hall–Kier alpha value is -2.66.